The zero-order chi connectivity index (χ0) is 15.0. The first-order valence-corrected chi connectivity index (χ1v) is 6.82. The Bertz CT molecular complexity index is 460. The molecule has 0 atom stereocenters. The molecule has 110 valence electrons. The molecule has 2 N–H and O–H groups in total. The molecule has 5 nitrogen and oxygen atoms in total. The molecule has 0 spiro atoms. The number of aryl methyl sites for hydroxylation is 1. The van der Waals surface area contributed by atoms with Crippen LogP contribution in [0, 0.1) is 6.92 Å². The van der Waals surface area contributed by atoms with E-state index in [-0.39, 0.29) is 25.0 Å². The molecule has 0 aromatic heterocycles. The van der Waals surface area contributed by atoms with Crippen LogP contribution >= 0.6 is 0 Å². The van der Waals surface area contributed by atoms with E-state index < -0.39 is 0 Å². The highest BCUT2D eigenvalue weighted by atomic mass is 16.3. The number of carbonyl (C=O) groups excluding carboxylic acids is 2. The molecule has 0 unspecified atom stereocenters. The van der Waals surface area contributed by atoms with E-state index in [4.69, 9.17) is 5.11 Å². The van der Waals surface area contributed by atoms with E-state index in [2.05, 4.69) is 5.32 Å². The van der Waals surface area contributed by atoms with Crippen molar-refractivity contribution in [1.82, 2.24) is 10.2 Å². The minimum Gasteiger partial charge on any atom is -0.396 e. The number of benzene rings is 1. The summed E-state index contributed by atoms with van der Waals surface area (Å²) >= 11 is 0. The second-order valence-corrected chi connectivity index (χ2v) is 4.60. The zero-order valence-corrected chi connectivity index (χ0v) is 12.1. The Morgan fingerprint density at radius 2 is 2.10 bits per heavy atom. The molecule has 0 saturated carbocycles. The third-order valence-electron chi connectivity index (χ3n) is 3.00. The summed E-state index contributed by atoms with van der Waals surface area (Å²) in [5.74, 6) is -0.387. The molecule has 0 radical (unpaired) electrons. The van der Waals surface area contributed by atoms with Gasteiger partial charge in [-0.3, -0.25) is 9.59 Å². The van der Waals surface area contributed by atoms with Crippen LogP contribution in [0.3, 0.4) is 0 Å². The minimum atomic E-state index is -0.250. The SMILES string of the molecule is CCN(CCCO)C(=O)CNC(=O)c1cccc(C)c1. The molecule has 0 aliphatic heterocycles. The topological polar surface area (TPSA) is 69.6 Å². The summed E-state index contributed by atoms with van der Waals surface area (Å²) in [6.45, 7) is 4.89. The number of hydrogen-bond acceptors (Lipinski definition) is 3. The molecule has 0 aliphatic carbocycles. The van der Waals surface area contributed by atoms with Crippen molar-refractivity contribution in [2.24, 2.45) is 0 Å². The summed E-state index contributed by atoms with van der Waals surface area (Å²) in [6, 6.07) is 7.22. The summed E-state index contributed by atoms with van der Waals surface area (Å²) in [5.41, 5.74) is 1.55. The Morgan fingerprint density at radius 3 is 2.70 bits per heavy atom. The molecule has 20 heavy (non-hydrogen) atoms. The lowest BCUT2D eigenvalue weighted by atomic mass is 10.1. The van der Waals surface area contributed by atoms with Crippen molar-refractivity contribution in [3.05, 3.63) is 35.4 Å². The van der Waals surface area contributed by atoms with Gasteiger partial charge in [0.2, 0.25) is 5.91 Å². The van der Waals surface area contributed by atoms with Crippen molar-refractivity contribution in [2.75, 3.05) is 26.2 Å². The molecule has 0 saturated heterocycles. The van der Waals surface area contributed by atoms with Crippen LogP contribution in [-0.2, 0) is 4.79 Å². The Labute approximate surface area is 119 Å². The van der Waals surface area contributed by atoms with Gasteiger partial charge in [-0.25, -0.2) is 0 Å². The molecule has 0 heterocycles. The Hall–Kier alpha value is -1.88. The molecule has 1 rings (SSSR count). The van der Waals surface area contributed by atoms with E-state index in [1.807, 2.05) is 26.0 Å². The van der Waals surface area contributed by atoms with Gasteiger partial charge in [0.05, 0.1) is 6.54 Å². The van der Waals surface area contributed by atoms with E-state index in [0.717, 1.165) is 5.56 Å². The standard InChI is InChI=1S/C15H22N2O3/c1-3-17(8-5-9-18)14(19)11-16-15(20)13-7-4-6-12(2)10-13/h4,6-7,10,18H,3,5,8-9,11H2,1-2H3,(H,16,20). The number of aliphatic hydroxyl groups excluding tert-OH is 1. The smallest absolute Gasteiger partial charge is 0.251 e. The van der Waals surface area contributed by atoms with E-state index in [1.54, 1.807) is 17.0 Å². The molecule has 5 heteroatoms. The van der Waals surface area contributed by atoms with E-state index >= 15 is 0 Å². The number of amides is 2. The number of aliphatic hydroxyl groups is 1. The lowest BCUT2D eigenvalue weighted by Gasteiger charge is -2.20. The number of likely N-dealkylation sites (N-methyl/N-ethyl adjacent to an activating group) is 1. The number of nitrogens with zero attached hydrogens (tertiary/aromatic N) is 1. The van der Waals surface area contributed by atoms with Crippen LogP contribution in [0.25, 0.3) is 0 Å². The van der Waals surface area contributed by atoms with Crippen LogP contribution in [0.1, 0.15) is 29.3 Å². The van der Waals surface area contributed by atoms with Crippen molar-refractivity contribution in [1.29, 1.82) is 0 Å². The van der Waals surface area contributed by atoms with Crippen molar-refractivity contribution in [2.45, 2.75) is 20.3 Å². The first-order chi connectivity index (χ1) is 9.58. The molecule has 0 bridgehead atoms. The maximum atomic E-state index is 11.9. The average Bonchev–Trinajstić information content (AvgIpc) is 2.45. The summed E-state index contributed by atoms with van der Waals surface area (Å²) in [7, 11) is 0. The predicted octanol–water partition coefficient (Wildman–Crippen LogP) is 0.956. The van der Waals surface area contributed by atoms with Crippen LogP contribution < -0.4 is 5.32 Å². The van der Waals surface area contributed by atoms with Crippen LogP contribution in [-0.4, -0.2) is 48.1 Å². The molecule has 0 aliphatic rings. The van der Waals surface area contributed by atoms with Gasteiger partial charge in [0.15, 0.2) is 0 Å². The van der Waals surface area contributed by atoms with Crippen molar-refractivity contribution in [3.8, 4) is 0 Å². The Morgan fingerprint density at radius 1 is 1.35 bits per heavy atom. The summed E-state index contributed by atoms with van der Waals surface area (Å²) in [6.07, 6.45) is 0.547. The fourth-order valence-corrected chi connectivity index (χ4v) is 1.88. The van der Waals surface area contributed by atoms with Crippen LogP contribution in [0.2, 0.25) is 0 Å². The van der Waals surface area contributed by atoms with E-state index in [9.17, 15) is 9.59 Å². The minimum absolute atomic E-state index is 0.0218. The third kappa shape index (κ3) is 5.01. The quantitative estimate of drug-likeness (QED) is 0.780. The van der Waals surface area contributed by atoms with Gasteiger partial charge in [-0.05, 0) is 32.4 Å². The number of rotatable bonds is 7. The van der Waals surface area contributed by atoms with Gasteiger partial charge in [-0.15, -0.1) is 0 Å². The van der Waals surface area contributed by atoms with Gasteiger partial charge in [0, 0.05) is 25.3 Å². The van der Waals surface area contributed by atoms with Crippen LogP contribution in [0.4, 0.5) is 0 Å². The second-order valence-electron chi connectivity index (χ2n) is 4.60. The maximum Gasteiger partial charge on any atom is 0.251 e. The Balaban J connectivity index is 2.49. The highest BCUT2D eigenvalue weighted by Crippen LogP contribution is 2.03. The maximum absolute atomic E-state index is 11.9. The summed E-state index contributed by atoms with van der Waals surface area (Å²) < 4.78 is 0. The normalized spacial score (nSPS) is 10.2. The molecular weight excluding hydrogens is 256 g/mol. The van der Waals surface area contributed by atoms with E-state index in [0.29, 0.717) is 25.1 Å². The summed E-state index contributed by atoms with van der Waals surface area (Å²) in [4.78, 5) is 25.4. The summed E-state index contributed by atoms with van der Waals surface area (Å²) in [5, 5.41) is 11.4. The molecule has 1 aromatic carbocycles. The molecule has 1 aromatic rings. The van der Waals surface area contributed by atoms with E-state index in [1.165, 1.54) is 0 Å². The highest BCUT2D eigenvalue weighted by Gasteiger charge is 2.13. The van der Waals surface area contributed by atoms with Gasteiger partial charge < -0.3 is 15.3 Å². The van der Waals surface area contributed by atoms with Crippen molar-refractivity contribution in [3.63, 3.8) is 0 Å². The first kappa shape index (κ1) is 16.2. The fourth-order valence-electron chi connectivity index (χ4n) is 1.88. The lowest BCUT2D eigenvalue weighted by Crippen LogP contribution is -2.40. The zero-order valence-electron chi connectivity index (χ0n) is 12.1. The predicted molar refractivity (Wildman–Crippen MR) is 77.5 cm³/mol. The number of carbonyl (C=O) groups is 2. The monoisotopic (exact) mass is 278 g/mol. The second kappa shape index (κ2) is 8.32. The van der Waals surface area contributed by atoms with Crippen molar-refractivity contribution >= 4 is 11.8 Å². The molecule has 0 fully saturated rings. The van der Waals surface area contributed by atoms with Crippen LogP contribution in [0.5, 0.6) is 0 Å². The van der Waals surface area contributed by atoms with Gasteiger partial charge in [-0.2, -0.15) is 0 Å². The highest BCUT2D eigenvalue weighted by molar-refractivity contribution is 5.96. The van der Waals surface area contributed by atoms with Crippen molar-refractivity contribution < 1.29 is 14.7 Å². The van der Waals surface area contributed by atoms with Gasteiger partial charge >= 0.3 is 0 Å². The van der Waals surface area contributed by atoms with Gasteiger partial charge in [-0.1, -0.05) is 17.7 Å². The Kier molecular flexibility index (Phi) is 6.73. The first-order valence-electron chi connectivity index (χ1n) is 6.82. The third-order valence-corrected chi connectivity index (χ3v) is 3.00. The van der Waals surface area contributed by atoms with Crippen LogP contribution in [0.15, 0.2) is 24.3 Å². The largest absolute Gasteiger partial charge is 0.396 e. The van der Waals surface area contributed by atoms with Gasteiger partial charge in [0.25, 0.3) is 5.91 Å². The molecular formula is C15H22N2O3. The fraction of sp³-hybridized carbons (Fsp3) is 0.467. The lowest BCUT2D eigenvalue weighted by molar-refractivity contribution is -0.130. The molecule has 2 amide bonds. The number of nitrogens with one attached hydrogen (secondary N) is 1. The number of hydrogen-bond donors (Lipinski definition) is 2. The average molecular weight is 278 g/mol. The van der Waals surface area contributed by atoms with Gasteiger partial charge in [0.1, 0.15) is 0 Å².